The quantitative estimate of drug-likeness (QED) is 0.760. The van der Waals surface area contributed by atoms with Gasteiger partial charge in [-0.1, -0.05) is 6.07 Å². The number of H-pyrrole nitrogens is 1. The number of ether oxygens (including phenoxy) is 1. The minimum absolute atomic E-state index is 0.411. The van der Waals surface area contributed by atoms with Gasteiger partial charge in [-0.2, -0.15) is 0 Å². The van der Waals surface area contributed by atoms with Gasteiger partial charge in [0.05, 0.1) is 11.7 Å². The standard InChI is InChI=1S/C17H21N3O2S/c1-23(2,3)9-8-22-17(21)19-12-4-5-13-14-6-7-18-11-16(14)20-15(13)10-12/h4-7,10-11,20H,8-9H2,1-3H3,(H,19,21). The van der Waals surface area contributed by atoms with Crippen LogP contribution in [0.2, 0.25) is 0 Å². The molecule has 2 heterocycles. The Balaban J connectivity index is 1.71. The third kappa shape index (κ3) is 3.76. The summed E-state index contributed by atoms with van der Waals surface area (Å²) in [6.45, 7) is 0.449. The van der Waals surface area contributed by atoms with Crippen LogP contribution in [0.4, 0.5) is 10.5 Å². The van der Waals surface area contributed by atoms with E-state index in [0.717, 1.165) is 27.6 Å². The Hall–Kier alpha value is -2.21. The van der Waals surface area contributed by atoms with Crippen LogP contribution < -0.4 is 5.32 Å². The lowest BCUT2D eigenvalue weighted by atomic mass is 10.2. The minimum Gasteiger partial charge on any atom is -0.448 e. The van der Waals surface area contributed by atoms with Crippen LogP contribution in [-0.4, -0.2) is 47.2 Å². The average molecular weight is 331 g/mol. The van der Waals surface area contributed by atoms with Crippen molar-refractivity contribution in [1.82, 2.24) is 9.97 Å². The number of nitrogens with one attached hydrogen (secondary N) is 2. The van der Waals surface area contributed by atoms with Gasteiger partial charge >= 0.3 is 6.09 Å². The molecule has 0 aliphatic carbocycles. The molecule has 2 N–H and O–H groups in total. The van der Waals surface area contributed by atoms with E-state index in [9.17, 15) is 4.79 Å². The van der Waals surface area contributed by atoms with Crippen LogP contribution in [0.15, 0.2) is 36.7 Å². The number of nitrogens with zero attached hydrogens (tertiary/aromatic N) is 1. The number of carbonyl (C=O) groups is 1. The van der Waals surface area contributed by atoms with Crippen LogP contribution in [-0.2, 0) is 4.74 Å². The van der Waals surface area contributed by atoms with Crippen molar-refractivity contribution < 1.29 is 9.53 Å². The first-order valence-corrected chi connectivity index (χ1v) is 10.4. The van der Waals surface area contributed by atoms with E-state index in [-0.39, 0.29) is 0 Å². The summed E-state index contributed by atoms with van der Waals surface area (Å²) in [5.74, 6) is 0.911. The highest BCUT2D eigenvalue weighted by molar-refractivity contribution is 8.32. The zero-order chi connectivity index (χ0) is 16.4. The molecule has 23 heavy (non-hydrogen) atoms. The van der Waals surface area contributed by atoms with E-state index < -0.39 is 16.1 Å². The number of rotatable bonds is 4. The predicted molar refractivity (Wildman–Crippen MR) is 98.8 cm³/mol. The Bertz CT molecular complexity index is 852. The van der Waals surface area contributed by atoms with Crippen molar-refractivity contribution in [1.29, 1.82) is 0 Å². The second-order valence-corrected chi connectivity index (χ2v) is 11.0. The summed E-state index contributed by atoms with van der Waals surface area (Å²) in [6.07, 6.45) is 9.76. The summed E-state index contributed by atoms with van der Waals surface area (Å²) in [5, 5.41) is 5.01. The molecule has 0 saturated heterocycles. The molecule has 0 atom stereocenters. The number of anilines is 1. The van der Waals surface area contributed by atoms with Gasteiger partial charge in [0.2, 0.25) is 0 Å². The molecule has 122 valence electrons. The van der Waals surface area contributed by atoms with E-state index in [1.807, 2.05) is 24.3 Å². The Morgan fingerprint density at radius 2 is 2.00 bits per heavy atom. The number of aromatic nitrogens is 2. The van der Waals surface area contributed by atoms with Gasteiger partial charge in [-0.05, 0) is 37.0 Å². The van der Waals surface area contributed by atoms with Gasteiger partial charge in [0.1, 0.15) is 6.61 Å². The fourth-order valence-electron chi connectivity index (χ4n) is 2.37. The van der Waals surface area contributed by atoms with Crippen LogP contribution in [0.1, 0.15) is 0 Å². The number of benzene rings is 1. The van der Waals surface area contributed by atoms with Gasteiger partial charge in [0, 0.05) is 33.9 Å². The minimum atomic E-state index is -0.652. The van der Waals surface area contributed by atoms with Gasteiger partial charge in [0.25, 0.3) is 0 Å². The molecule has 0 spiro atoms. The van der Waals surface area contributed by atoms with E-state index in [1.165, 1.54) is 0 Å². The summed E-state index contributed by atoms with van der Waals surface area (Å²) >= 11 is 0. The molecule has 3 rings (SSSR count). The predicted octanol–water partition coefficient (Wildman–Crippen LogP) is 3.96. The molecular weight excluding hydrogens is 310 g/mol. The Kier molecular flexibility index (Phi) is 4.17. The van der Waals surface area contributed by atoms with Crippen LogP contribution >= 0.6 is 10.0 Å². The molecule has 0 bridgehead atoms. The summed E-state index contributed by atoms with van der Waals surface area (Å²) in [4.78, 5) is 19.3. The first kappa shape index (κ1) is 15.7. The largest absolute Gasteiger partial charge is 0.448 e. The maximum absolute atomic E-state index is 11.9. The SMILES string of the molecule is CS(C)(C)CCOC(=O)Nc1ccc2c(c1)[nH]c1cnccc12. The molecule has 0 aliphatic rings. The van der Waals surface area contributed by atoms with Crippen LogP contribution in [0.3, 0.4) is 0 Å². The third-order valence-corrected chi connectivity index (χ3v) is 4.97. The highest BCUT2D eigenvalue weighted by atomic mass is 32.3. The van der Waals surface area contributed by atoms with Crippen molar-refractivity contribution >= 4 is 43.6 Å². The summed E-state index contributed by atoms with van der Waals surface area (Å²) in [5.41, 5.74) is 2.66. The van der Waals surface area contributed by atoms with E-state index >= 15 is 0 Å². The zero-order valence-corrected chi connectivity index (χ0v) is 14.4. The molecule has 2 aromatic heterocycles. The van der Waals surface area contributed by atoms with E-state index in [2.05, 4.69) is 34.1 Å². The Morgan fingerprint density at radius 1 is 1.22 bits per heavy atom. The number of pyridine rings is 1. The maximum Gasteiger partial charge on any atom is 0.411 e. The average Bonchev–Trinajstić information content (AvgIpc) is 2.83. The lowest BCUT2D eigenvalue weighted by molar-refractivity contribution is 0.169. The molecule has 0 saturated carbocycles. The maximum atomic E-state index is 11.9. The van der Waals surface area contributed by atoms with Gasteiger partial charge < -0.3 is 9.72 Å². The number of aromatic amines is 1. The van der Waals surface area contributed by atoms with Crippen molar-refractivity contribution in [3.8, 4) is 0 Å². The number of carbonyl (C=O) groups excluding carboxylic acids is 1. The second kappa shape index (κ2) is 6.12. The van der Waals surface area contributed by atoms with E-state index in [0.29, 0.717) is 12.3 Å². The molecule has 0 radical (unpaired) electrons. The van der Waals surface area contributed by atoms with Crippen molar-refractivity contribution in [2.24, 2.45) is 0 Å². The number of hydrogen-bond acceptors (Lipinski definition) is 3. The summed E-state index contributed by atoms with van der Waals surface area (Å²) in [6, 6.07) is 7.76. The van der Waals surface area contributed by atoms with Crippen LogP contribution in [0.25, 0.3) is 21.8 Å². The summed E-state index contributed by atoms with van der Waals surface area (Å²) < 4.78 is 5.24. The lowest BCUT2D eigenvalue weighted by Crippen LogP contribution is -2.17. The molecule has 5 nitrogen and oxygen atoms in total. The zero-order valence-electron chi connectivity index (χ0n) is 13.6. The van der Waals surface area contributed by atoms with Gasteiger partial charge in [-0.15, -0.1) is 0 Å². The highest BCUT2D eigenvalue weighted by Crippen LogP contribution is 2.33. The van der Waals surface area contributed by atoms with E-state index in [4.69, 9.17) is 4.74 Å². The van der Waals surface area contributed by atoms with Gasteiger partial charge in [0.15, 0.2) is 0 Å². The molecule has 6 heteroatoms. The van der Waals surface area contributed by atoms with Crippen LogP contribution in [0.5, 0.6) is 0 Å². The monoisotopic (exact) mass is 331 g/mol. The molecule has 1 aromatic carbocycles. The third-order valence-electron chi connectivity index (χ3n) is 3.58. The second-order valence-electron chi connectivity index (χ2n) is 6.36. The normalized spacial score (nSPS) is 12.5. The Labute approximate surface area is 136 Å². The molecule has 0 aliphatic heterocycles. The van der Waals surface area contributed by atoms with Crippen LogP contribution in [0, 0.1) is 0 Å². The van der Waals surface area contributed by atoms with Gasteiger partial charge in [-0.25, -0.2) is 14.8 Å². The van der Waals surface area contributed by atoms with Crippen molar-refractivity contribution in [3.05, 3.63) is 36.7 Å². The number of amides is 1. The smallest absolute Gasteiger partial charge is 0.411 e. The first-order valence-electron chi connectivity index (χ1n) is 7.38. The fourth-order valence-corrected chi connectivity index (χ4v) is 2.96. The number of hydrogen-bond donors (Lipinski definition) is 2. The van der Waals surface area contributed by atoms with Crippen molar-refractivity contribution in [3.63, 3.8) is 0 Å². The van der Waals surface area contributed by atoms with Gasteiger partial charge in [-0.3, -0.25) is 10.3 Å². The lowest BCUT2D eigenvalue weighted by Gasteiger charge is -2.24. The van der Waals surface area contributed by atoms with Crippen molar-refractivity contribution in [2.75, 3.05) is 36.4 Å². The van der Waals surface area contributed by atoms with E-state index in [1.54, 1.807) is 12.4 Å². The fraction of sp³-hybridized carbons (Fsp3) is 0.294. The topological polar surface area (TPSA) is 67.0 Å². The molecule has 1 amide bonds. The summed E-state index contributed by atoms with van der Waals surface area (Å²) in [7, 11) is -0.652. The van der Waals surface area contributed by atoms with Crippen molar-refractivity contribution in [2.45, 2.75) is 0 Å². The molecule has 0 unspecified atom stereocenters. The molecule has 0 fully saturated rings. The molecule has 3 aromatic rings. The molecular formula is C17H21N3O2S. The Morgan fingerprint density at radius 3 is 2.78 bits per heavy atom. The highest BCUT2D eigenvalue weighted by Gasteiger charge is 2.09. The first-order chi connectivity index (χ1) is 10.9. The number of fused-ring (bicyclic) bond motifs is 3.